The second-order valence-electron chi connectivity index (χ2n) is 20.8. The van der Waals surface area contributed by atoms with E-state index < -0.39 is 0 Å². The summed E-state index contributed by atoms with van der Waals surface area (Å²) in [6, 6.07) is 7.68. The van der Waals surface area contributed by atoms with Gasteiger partial charge in [-0.05, 0) is 98.5 Å². The van der Waals surface area contributed by atoms with Crippen LogP contribution in [0.5, 0.6) is 0 Å². The highest BCUT2D eigenvalue weighted by Crippen LogP contribution is 2.14. The van der Waals surface area contributed by atoms with Crippen molar-refractivity contribution in [3.63, 3.8) is 0 Å². The smallest absolute Gasteiger partial charge is 0.220 e. The van der Waals surface area contributed by atoms with Crippen LogP contribution in [0.2, 0.25) is 0 Å². The van der Waals surface area contributed by atoms with Gasteiger partial charge < -0.3 is 81.1 Å². The number of carbonyl (C=O) groups is 3. The fourth-order valence-corrected chi connectivity index (χ4v) is 6.83. The van der Waals surface area contributed by atoms with Gasteiger partial charge in [0.05, 0.1) is 176 Å². The van der Waals surface area contributed by atoms with Gasteiger partial charge >= 0.3 is 0 Å². The van der Waals surface area contributed by atoms with Crippen LogP contribution in [0.1, 0.15) is 135 Å². The summed E-state index contributed by atoms with van der Waals surface area (Å²) < 4.78 is 89.2. The molecule has 0 spiro atoms. The van der Waals surface area contributed by atoms with Crippen LogP contribution >= 0.6 is 0 Å². The highest BCUT2D eigenvalue weighted by molar-refractivity contribution is 5.96. The Morgan fingerprint density at radius 3 is 1.05 bits per heavy atom. The van der Waals surface area contributed by atoms with E-state index in [2.05, 4.69) is 5.32 Å². The number of hydrogen-bond donors (Lipinski definition) is 1. The van der Waals surface area contributed by atoms with Gasteiger partial charge in [-0.3, -0.25) is 14.4 Å². The maximum Gasteiger partial charge on any atom is 0.220 e. The predicted octanol–water partition coefficient (Wildman–Crippen LogP) is 7.60. The van der Waals surface area contributed by atoms with Crippen molar-refractivity contribution in [1.29, 1.82) is 0 Å². The first kappa shape index (κ1) is 75.4. The summed E-state index contributed by atoms with van der Waals surface area (Å²) in [6.45, 7) is 28.0. The molecule has 1 amide bonds. The molecule has 0 saturated heterocycles. The number of benzene rings is 1. The molecular formula is C60H109NO19. The standard InChI is InChI=1S/C60H109NO19/c1-59(2,3)79-28-14-17-58(64)61-23-30-69-34-38-72-40-42-74-44-46-76-48-50-78-52-51-77-49-47-75-45-43-73-41-39-71-35-31-66-25-11-7-10-24-65-29-22-56(62)15-8-12-26-67-32-36-70-37-33-68-27-13-9-16-57(63)55-20-18-54(19-21-55)53-80-60(4,5)6/h18-21H,7-17,22-53H2,1-6H3,(H,61,64). The molecule has 1 aromatic carbocycles. The van der Waals surface area contributed by atoms with Crippen molar-refractivity contribution in [2.75, 3.05) is 198 Å². The van der Waals surface area contributed by atoms with E-state index in [9.17, 15) is 14.4 Å². The van der Waals surface area contributed by atoms with Crippen LogP contribution in [0, 0.1) is 0 Å². The molecule has 1 N–H and O–H groups in total. The molecule has 0 fully saturated rings. The van der Waals surface area contributed by atoms with Gasteiger partial charge in [-0.15, -0.1) is 0 Å². The average molecular weight is 1150 g/mol. The number of ketones is 2. The first-order valence-corrected chi connectivity index (χ1v) is 29.6. The first-order valence-electron chi connectivity index (χ1n) is 29.6. The Hall–Kier alpha value is -2.61. The Kier molecular flexibility index (Phi) is 52.4. The number of ether oxygens (including phenoxy) is 16. The number of unbranched alkanes of at least 4 members (excludes halogenated alkanes) is 4. The van der Waals surface area contributed by atoms with Crippen molar-refractivity contribution in [3.05, 3.63) is 35.4 Å². The molecule has 0 unspecified atom stereocenters. The first-order chi connectivity index (χ1) is 38.9. The lowest BCUT2D eigenvalue weighted by molar-refractivity contribution is -0.122. The number of hydrogen-bond acceptors (Lipinski definition) is 19. The average Bonchev–Trinajstić information content (AvgIpc) is 3.43. The molecule has 1 rings (SSSR count). The van der Waals surface area contributed by atoms with Crippen LogP contribution in [0.3, 0.4) is 0 Å². The molecule has 0 heterocycles. The van der Waals surface area contributed by atoms with Crippen molar-refractivity contribution >= 4 is 17.5 Å². The molecule has 20 nitrogen and oxygen atoms in total. The summed E-state index contributed by atoms with van der Waals surface area (Å²) in [6.07, 6.45) is 8.82. The molecule has 0 saturated carbocycles. The lowest BCUT2D eigenvalue weighted by Gasteiger charge is -2.19. The third-order valence-electron chi connectivity index (χ3n) is 11.2. The molecule has 0 aliphatic rings. The minimum Gasteiger partial charge on any atom is -0.381 e. The fraction of sp³-hybridized carbons (Fsp3) is 0.850. The lowest BCUT2D eigenvalue weighted by Crippen LogP contribution is -2.28. The summed E-state index contributed by atoms with van der Waals surface area (Å²) >= 11 is 0. The Labute approximate surface area is 481 Å². The number of amides is 1. The van der Waals surface area contributed by atoms with Gasteiger partial charge in [0.25, 0.3) is 0 Å². The zero-order valence-electron chi connectivity index (χ0n) is 50.5. The minimum atomic E-state index is -0.192. The fourth-order valence-electron chi connectivity index (χ4n) is 6.83. The van der Waals surface area contributed by atoms with E-state index >= 15 is 0 Å². The number of Topliss-reactive ketones (excluding diaryl/α,β-unsaturated/α-hetero) is 2. The molecule has 0 aliphatic carbocycles. The second kappa shape index (κ2) is 55.6. The highest BCUT2D eigenvalue weighted by Gasteiger charge is 2.12. The van der Waals surface area contributed by atoms with E-state index in [1.807, 2.05) is 65.8 Å². The van der Waals surface area contributed by atoms with E-state index in [0.29, 0.717) is 237 Å². The van der Waals surface area contributed by atoms with Gasteiger partial charge in [0, 0.05) is 70.8 Å². The largest absolute Gasteiger partial charge is 0.381 e. The number of rotatable bonds is 62. The van der Waals surface area contributed by atoms with Gasteiger partial charge in [-0.2, -0.15) is 0 Å². The SMILES string of the molecule is CC(C)(C)OCCCC(=O)NCCOCCOCCOCCOCCOCCOCCOCCOCCOCCOCCCCCOCCC(=O)CCCCOCCOCCOCCCCC(=O)c1ccc(COC(C)(C)C)cc1. The third-order valence-corrected chi connectivity index (χ3v) is 11.2. The van der Waals surface area contributed by atoms with E-state index in [0.717, 1.165) is 56.1 Å². The van der Waals surface area contributed by atoms with Crippen molar-refractivity contribution in [1.82, 2.24) is 5.32 Å². The number of nitrogens with one attached hydrogen (secondary N) is 1. The van der Waals surface area contributed by atoms with E-state index in [1.165, 1.54) is 0 Å². The van der Waals surface area contributed by atoms with Crippen molar-refractivity contribution in [2.45, 2.75) is 136 Å². The predicted molar refractivity (Wildman–Crippen MR) is 306 cm³/mol. The Morgan fingerprint density at radius 1 is 0.325 bits per heavy atom. The summed E-state index contributed by atoms with van der Waals surface area (Å²) in [5.74, 6) is 0.382. The maximum atomic E-state index is 12.5. The molecule has 20 heteroatoms. The molecule has 0 aliphatic heterocycles. The van der Waals surface area contributed by atoms with Crippen LogP contribution < -0.4 is 5.32 Å². The Balaban J connectivity index is 1.67. The van der Waals surface area contributed by atoms with Gasteiger partial charge in [-0.1, -0.05) is 24.3 Å². The maximum absolute atomic E-state index is 12.5. The molecule has 0 radical (unpaired) electrons. The van der Waals surface area contributed by atoms with Gasteiger partial charge in [0.2, 0.25) is 5.91 Å². The molecule has 468 valence electrons. The van der Waals surface area contributed by atoms with Crippen LogP contribution in [-0.4, -0.2) is 227 Å². The summed E-state index contributed by atoms with van der Waals surface area (Å²) in [4.78, 5) is 36.5. The zero-order valence-corrected chi connectivity index (χ0v) is 50.5. The van der Waals surface area contributed by atoms with Gasteiger partial charge in [0.15, 0.2) is 5.78 Å². The molecule has 1 aromatic rings. The van der Waals surface area contributed by atoms with Crippen LogP contribution in [0.15, 0.2) is 24.3 Å². The Morgan fingerprint density at radius 2 is 0.662 bits per heavy atom. The lowest BCUT2D eigenvalue weighted by atomic mass is 10.0. The van der Waals surface area contributed by atoms with E-state index in [1.54, 1.807) is 0 Å². The molecule has 0 atom stereocenters. The monoisotopic (exact) mass is 1150 g/mol. The van der Waals surface area contributed by atoms with E-state index in [4.69, 9.17) is 75.8 Å². The van der Waals surface area contributed by atoms with Crippen LogP contribution in [-0.2, 0) is 92.0 Å². The van der Waals surface area contributed by atoms with Crippen LogP contribution in [0.4, 0.5) is 0 Å². The second-order valence-corrected chi connectivity index (χ2v) is 20.8. The van der Waals surface area contributed by atoms with Crippen molar-refractivity contribution in [3.8, 4) is 0 Å². The summed E-state index contributed by atoms with van der Waals surface area (Å²) in [5.41, 5.74) is 1.42. The van der Waals surface area contributed by atoms with E-state index in [-0.39, 0.29) is 28.7 Å². The Bertz CT molecular complexity index is 1530. The third kappa shape index (κ3) is 57.2. The molecule has 0 aromatic heterocycles. The quantitative estimate of drug-likeness (QED) is 0.0491. The zero-order chi connectivity index (χ0) is 58.1. The minimum absolute atomic E-state index is 0.00579. The van der Waals surface area contributed by atoms with Crippen LogP contribution in [0.25, 0.3) is 0 Å². The normalized spacial score (nSPS) is 12.0. The topological polar surface area (TPSA) is 211 Å². The molecule has 0 bridgehead atoms. The summed E-state index contributed by atoms with van der Waals surface area (Å²) in [7, 11) is 0. The van der Waals surface area contributed by atoms with Gasteiger partial charge in [0.1, 0.15) is 5.78 Å². The highest BCUT2D eigenvalue weighted by atomic mass is 16.6. The molecule has 80 heavy (non-hydrogen) atoms. The van der Waals surface area contributed by atoms with Crippen molar-refractivity contribution < 1.29 is 90.2 Å². The number of carbonyl (C=O) groups excluding carboxylic acids is 3. The van der Waals surface area contributed by atoms with Gasteiger partial charge in [-0.25, -0.2) is 0 Å². The van der Waals surface area contributed by atoms with Crippen molar-refractivity contribution in [2.24, 2.45) is 0 Å². The molecular weight excluding hydrogens is 1040 g/mol. The summed E-state index contributed by atoms with van der Waals surface area (Å²) in [5, 5.41) is 2.84.